The Morgan fingerprint density at radius 3 is 2.05 bits per heavy atom. The maximum Gasteiger partial charge on any atom is 0.471 e. The number of halogens is 6. The molecule has 3 aliphatic rings. The minimum Gasteiger partial charge on any atom is -0.443 e. The van der Waals surface area contributed by atoms with Crippen LogP contribution in [0.1, 0.15) is 95.1 Å². The first kappa shape index (κ1) is 41.7. The zero-order valence-electron chi connectivity index (χ0n) is 32.7. The molecule has 18 heteroatoms. The molecule has 2 saturated heterocycles. The van der Waals surface area contributed by atoms with Gasteiger partial charge in [0.1, 0.15) is 5.60 Å². The number of amidine groups is 1. The Hall–Kier alpha value is -4.97. The van der Waals surface area contributed by atoms with E-state index < -0.39 is 54.2 Å². The van der Waals surface area contributed by atoms with Crippen molar-refractivity contribution >= 4 is 23.9 Å². The van der Waals surface area contributed by atoms with Gasteiger partial charge in [-0.2, -0.15) is 31.3 Å². The van der Waals surface area contributed by atoms with Gasteiger partial charge in [-0.25, -0.2) is 19.7 Å². The number of hydrogen-bond acceptors (Lipinski definition) is 10. The quantitative estimate of drug-likeness (QED) is 0.246. The molecule has 0 saturated carbocycles. The van der Waals surface area contributed by atoms with Gasteiger partial charge in [0, 0.05) is 40.0 Å². The summed E-state index contributed by atoms with van der Waals surface area (Å²) < 4.78 is 90.8. The lowest BCUT2D eigenvalue weighted by molar-refractivity contribution is -0.275. The number of nitrogens with zero attached hydrogens (tertiary/aromatic N) is 6. The van der Waals surface area contributed by atoms with Crippen molar-refractivity contribution in [2.75, 3.05) is 13.6 Å². The number of benzene rings is 2. The molecule has 1 N–H and O–H groups in total. The average molecular weight is 806 g/mol. The molecule has 3 aromatic rings. The Kier molecular flexibility index (Phi) is 10.8. The number of nitrogens with one attached hydrogen (secondary N) is 1. The van der Waals surface area contributed by atoms with E-state index in [0.29, 0.717) is 36.1 Å². The first-order chi connectivity index (χ1) is 26.3. The number of rotatable bonds is 6. The van der Waals surface area contributed by atoms with Crippen LogP contribution in [-0.2, 0) is 15.8 Å². The molecule has 6 rings (SSSR count). The van der Waals surface area contributed by atoms with Gasteiger partial charge in [0.05, 0.1) is 12.1 Å². The number of amides is 2. The highest BCUT2D eigenvalue weighted by Crippen LogP contribution is 2.42. The fourth-order valence-corrected chi connectivity index (χ4v) is 7.36. The van der Waals surface area contributed by atoms with Crippen LogP contribution in [0.4, 0.5) is 31.1 Å². The van der Waals surface area contributed by atoms with Crippen molar-refractivity contribution in [3.05, 3.63) is 76.8 Å². The van der Waals surface area contributed by atoms with Crippen LogP contribution in [0.25, 0.3) is 17.5 Å². The molecule has 2 atom stereocenters. The summed E-state index contributed by atoms with van der Waals surface area (Å²) in [6.07, 6.45) is -9.47. The van der Waals surface area contributed by atoms with E-state index in [1.165, 1.54) is 34.2 Å². The van der Waals surface area contributed by atoms with E-state index in [2.05, 4.69) is 29.9 Å². The molecule has 0 spiro atoms. The van der Waals surface area contributed by atoms with Crippen LogP contribution in [0.5, 0.6) is 0 Å². The third-order valence-electron chi connectivity index (χ3n) is 10.3. The highest BCUT2D eigenvalue weighted by atomic mass is 19.4. The van der Waals surface area contributed by atoms with E-state index in [1.54, 1.807) is 51.1 Å². The van der Waals surface area contributed by atoms with Crippen molar-refractivity contribution in [1.29, 1.82) is 0 Å². The first-order valence-corrected chi connectivity index (χ1v) is 18.3. The number of aliphatic imine (C=N–C) groups is 1. The number of likely N-dealkylation sites (tertiary alicyclic amines) is 2. The SMILES string of the molecule is CN1C(C)(C)CC(N2OC(C(F)(F)F)N=C2c2ccc(C=C3C(NC(=O)c4ccc(-c5noc(C(F)(F)F)n5)cc4)CCN3C(=O)OC(C)(C)C)cc2)CC1(C)C. The summed E-state index contributed by atoms with van der Waals surface area (Å²) in [5.41, 5.74) is 0.239. The van der Waals surface area contributed by atoms with Gasteiger partial charge in [-0.1, -0.05) is 41.6 Å². The average Bonchev–Trinajstić information content (AvgIpc) is 3.86. The van der Waals surface area contributed by atoms with Crippen LogP contribution < -0.4 is 5.32 Å². The predicted molar refractivity (Wildman–Crippen MR) is 196 cm³/mol. The summed E-state index contributed by atoms with van der Waals surface area (Å²) in [5, 5.41) is 7.60. The number of aromatic nitrogens is 2. The monoisotopic (exact) mass is 805 g/mol. The smallest absolute Gasteiger partial charge is 0.443 e. The molecule has 2 fully saturated rings. The molecule has 2 unspecified atom stereocenters. The Balaban J connectivity index is 1.26. The van der Waals surface area contributed by atoms with Gasteiger partial charge in [0.2, 0.25) is 5.82 Å². The maximum absolute atomic E-state index is 14.0. The number of piperidine rings is 1. The van der Waals surface area contributed by atoms with Crippen molar-refractivity contribution in [3.63, 3.8) is 0 Å². The molecular formula is C39H45F6N7O5. The topological polar surface area (TPSA) is 126 Å². The van der Waals surface area contributed by atoms with Crippen molar-refractivity contribution < 1.29 is 50.0 Å². The van der Waals surface area contributed by atoms with Crippen LogP contribution >= 0.6 is 0 Å². The van der Waals surface area contributed by atoms with Gasteiger partial charge in [0.15, 0.2) is 5.84 Å². The Morgan fingerprint density at radius 2 is 1.51 bits per heavy atom. The lowest BCUT2D eigenvalue weighted by Crippen LogP contribution is -2.63. The lowest BCUT2D eigenvalue weighted by atomic mass is 9.77. The molecule has 0 bridgehead atoms. The number of carbonyl (C=O) groups excluding carboxylic acids is 2. The van der Waals surface area contributed by atoms with Crippen molar-refractivity contribution in [3.8, 4) is 11.4 Å². The first-order valence-electron chi connectivity index (χ1n) is 18.3. The van der Waals surface area contributed by atoms with Crippen LogP contribution in [0.15, 0.2) is 63.7 Å². The second kappa shape index (κ2) is 14.8. The third-order valence-corrected chi connectivity index (χ3v) is 10.3. The summed E-state index contributed by atoms with van der Waals surface area (Å²) in [4.78, 5) is 43.3. The minimum absolute atomic E-state index is 0.0604. The molecule has 0 aliphatic carbocycles. The summed E-state index contributed by atoms with van der Waals surface area (Å²) in [6.45, 7) is 13.5. The second-order valence-electron chi connectivity index (χ2n) is 16.7. The highest BCUT2D eigenvalue weighted by Gasteiger charge is 2.52. The summed E-state index contributed by atoms with van der Waals surface area (Å²) >= 11 is 0. The molecule has 0 radical (unpaired) electrons. The Labute approximate surface area is 325 Å². The largest absolute Gasteiger partial charge is 0.471 e. The summed E-state index contributed by atoms with van der Waals surface area (Å²) in [5.74, 6) is -2.26. The highest BCUT2D eigenvalue weighted by molar-refractivity contribution is 5.99. The van der Waals surface area contributed by atoms with Gasteiger partial charge in [0.25, 0.3) is 12.1 Å². The molecule has 2 aromatic carbocycles. The van der Waals surface area contributed by atoms with E-state index in [4.69, 9.17) is 9.57 Å². The zero-order valence-corrected chi connectivity index (χ0v) is 32.7. The number of carbonyl (C=O) groups is 2. The van der Waals surface area contributed by atoms with Crippen LogP contribution in [0.3, 0.4) is 0 Å². The molecule has 57 heavy (non-hydrogen) atoms. The molecule has 12 nitrogen and oxygen atoms in total. The number of hydrogen-bond donors (Lipinski definition) is 1. The van der Waals surface area contributed by atoms with E-state index >= 15 is 0 Å². The standard InChI is InChI=1S/C39H45F6N7O5/c1-35(2,3)55-34(54)51-18-17-27(46-31(53)25-15-13-23(14-16-25)29-47-32(56-49-29)38(40,41)42)28(51)19-22-9-11-24(12-10-22)30-48-33(39(43,44)45)57-52(30)26-20-36(4,5)50(8)37(6,7)21-26/h9-16,19,26-27,33H,17-18,20-21H2,1-8H3,(H,46,53). The van der Waals surface area contributed by atoms with Crippen molar-refractivity contribution in [2.45, 2.75) is 115 Å². The van der Waals surface area contributed by atoms with E-state index in [1.807, 2.05) is 34.7 Å². The van der Waals surface area contributed by atoms with Gasteiger partial charge < -0.3 is 14.6 Å². The molecule has 3 aliphatic heterocycles. The van der Waals surface area contributed by atoms with Crippen molar-refractivity contribution in [2.24, 2.45) is 4.99 Å². The zero-order chi connectivity index (χ0) is 41.9. The fourth-order valence-electron chi connectivity index (χ4n) is 7.36. The normalized spacial score (nSPS) is 22.6. The van der Waals surface area contributed by atoms with Gasteiger partial charge in [-0.15, -0.1) is 0 Å². The number of alkyl halides is 6. The Bertz CT molecular complexity index is 2020. The second-order valence-corrected chi connectivity index (χ2v) is 16.7. The van der Waals surface area contributed by atoms with E-state index in [9.17, 15) is 35.9 Å². The molecule has 308 valence electrons. The summed E-state index contributed by atoms with van der Waals surface area (Å²) in [6, 6.07) is 11.1. The predicted octanol–water partition coefficient (Wildman–Crippen LogP) is 8.07. The summed E-state index contributed by atoms with van der Waals surface area (Å²) in [7, 11) is 2.00. The van der Waals surface area contributed by atoms with Crippen LogP contribution in [0, 0.1) is 0 Å². The minimum atomic E-state index is -4.81. The molecule has 2 amide bonds. The molecule has 4 heterocycles. The van der Waals surface area contributed by atoms with Crippen LogP contribution in [-0.4, -0.2) is 97.6 Å². The third kappa shape index (κ3) is 9.11. The van der Waals surface area contributed by atoms with Crippen LogP contribution in [0.2, 0.25) is 0 Å². The Morgan fingerprint density at radius 1 is 0.912 bits per heavy atom. The number of hydroxylamine groups is 2. The lowest BCUT2D eigenvalue weighted by Gasteiger charge is -2.55. The van der Waals surface area contributed by atoms with Crippen molar-refractivity contribution in [1.82, 2.24) is 30.3 Å². The molecule has 1 aromatic heterocycles. The fraction of sp³-hybridized carbons (Fsp3) is 0.513. The maximum atomic E-state index is 14.0. The van der Waals surface area contributed by atoms with E-state index in [0.717, 1.165) is 0 Å². The van der Waals surface area contributed by atoms with Gasteiger partial charge >= 0.3 is 24.3 Å². The number of ether oxygens (including phenoxy) is 1. The molecular weight excluding hydrogens is 760 g/mol. The van der Waals surface area contributed by atoms with Gasteiger partial charge in [-0.05, 0) is 98.5 Å². The van der Waals surface area contributed by atoms with Gasteiger partial charge in [-0.3, -0.25) is 14.6 Å². The van der Waals surface area contributed by atoms with E-state index in [-0.39, 0.29) is 40.4 Å².